The third-order valence-corrected chi connectivity index (χ3v) is 3.36. The van der Waals surface area contributed by atoms with Gasteiger partial charge in [-0.1, -0.05) is 0 Å². The maximum Gasteiger partial charge on any atom is 0.338 e. The van der Waals surface area contributed by atoms with Gasteiger partial charge in [0.25, 0.3) is 5.91 Å². The summed E-state index contributed by atoms with van der Waals surface area (Å²) in [6, 6.07) is 1.27. The zero-order chi connectivity index (χ0) is 13.8. The molecule has 1 aromatic rings. The van der Waals surface area contributed by atoms with E-state index in [9.17, 15) is 9.59 Å². The van der Waals surface area contributed by atoms with Gasteiger partial charge in [0.05, 0.1) is 5.56 Å². The van der Waals surface area contributed by atoms with E-state index in [1.165, 1.54) is 6.07 Å². The Morgan fingerprint density at radius 3 is 2.68 bits per heavy atom. The highest BCUT2D eigenvalue weighted by Crippen LogP contribution is 2.20. The summed E-state index contributed by atoms with van der Waals surface area (Å²) in [6.07, 6.45) is 2.88. The minimum atomic E-state index is -1.10. The Bertz CT molecular complexity index is 459. The van der Waals surface area contributed by atoms with E-state index >= 15 is 0 Å². The topological polar surface area (TPSA) is 80.0 Å². The smallest absolute Gasteiger partial charge is 0.338 e. The zero-order valence-corrected chi connectivity index (χ0v) is 10.8. The van der Waals surface area contributed by atoms with Crippen LogP contribution in [0.15, 0.2) is 16.7 Å². The number of carboxylic acids is 1. The van der Waals surface area contributed by atoms with Crippen LogP contribution in [-0.4, -0.2) is 48.7 Å². The van der Waals surface area contributed by atoms with E-state index in [-0.39, 0.29) is 17.2 Å². The van der Waals surface area contributed by atoms with Crippen LogP contribution in [0.5, 0.6) is 0 Å². The summed E-state index contributed by atoms with van der Waals surface area (Å²) in [4.78, 5) is 24.5. The molecule has 0 spiro atoms. The molecule has 19 heavy (non-hydrogen) atoms. The molecule has 2 rings (SSSR count). The number of amides is 1. The van der Waals surface area contributed by atoms with Crippen molar-refractivity contribution in [2.45, 2.75) is 12.8 Å². The van der Waals surface area contributed by atoms with Crippen molar-refractivity contribution in [3.8, 4) is 0 Å². The molecule has 0 bridgehead atoms. The fourth-order valence-corrected chi connectivity index (χ4v) is 2.25. The number of likely N-dealkylation sites (tertiary alicyclic amines) is 1. The molecular weight excluding hydrogens is 250 g/mol. The number of hydrogen-bond donors (Lipinski definition) is 1. The fraction of sp³-hybridized carbons (Fsp3) is 0.538. The molecule has 1 N–H and O–H groups in total. The first kappa shape index (κ1) is 13.6. The number of furan rings is 1. The molecule has 0 saturated carbocycles. The highest BCUT2D eigenvalue weighted by Gasteiger charge is 2.25. The van der Waals surface area contributed by atoms with Crippen LogP contribution < -0.4 is 0 Å². The summed E-state index contributed by atoms with van der Waals surface area (Å²) in [5, 5.41) is 8.79. The molecule has 0 radical (unpaired) electrons. The number of aromatic carboxylic acids is 1. The van der Waals surface area contributed by atoms with E-state index < -0.39 is 5.97 Å². The van der Waals surface area contributed by atoms with Gasteiger partial charge in [-0.25, -0.2) is 4.79 Å². The normalized spacial score (nSPS) is 16.6. The van der Waals surface area contributed by atoms with Crippen LogP contribution >= 0.6 is 0 Å². The Labute approximate surface area is 110 Å². The summed E-state index contributed by atoms with van der Waals surface area (Å²) in [5.41, 5.74) is -0.00220. The molecule has 1 fully saturated rings. The van der Waals surface area contributed by atoms with E-state index in [0.717, 1.165) is 19.1 Å². The predicted molar refractivity (Wildman–Crippen MR) is 66.2 cm³/mol. The van der Waals surface area contributed by atoms with Crippen molar-refractivity contribution >= 4 is 11.9 Å². The van der Waals surface area contributed by atoms with E-state index in [4.69, 9.17) is 14.3 Å². The van der Waals surface area contributed by atoms with Crippen LogP contribution in [0.2, 0.25) is 0 Å². The first-order valence-electron chi connectivity index (χ1n) is 6.22. The number of ether oxygens (including phenoxy) is 1. The third-order valence-electron chi connectivity index (χ3n) is 3.36. The van der Waals surface area contributed by atoms with Crippen molar-refractivity contribution in [3.05, 3.63) is 23.7 Å². The van der Waals surface area contributed by atoms with Crippen LogP contribution in [-0.2, 0) is 4.74 Å². The number of hydrogen-bond acceptors (Lipinski definition) is 4. The minimum absolute atomic E-state index is 0.00220. The molecule has 6 nitrogen and oxygen atoms in total. The van der Waals surface area contributed by atoms with Gasteiger partial charge in [-0.15, -0.1) is 0 Å². The van der Waals surface area contributed by atoms with Crippen LogP contribution in [0, 0.1) is 5.92 Å². The monoisotopic (exact) mass is 267 g/mol. The molecule has 0 aromatic carbocycles. The first-order valence-corrected chi connectivity index (χ1v) is 6.22. The Morgan fingerprint density at radius 2 is 2.16 bits per heavy atom. The van der Waals surface area contributed by atoms with Crippen molar-refractivity contribution in [1.29, 1.82) is 0 Å². The number of methoxy groups -OCH3 is 1. The van der Waals surface area contributed by atoms with Crippen molar-refractivity contribution in [1.82, 2.24) is 4.90 Å². The quantitative estimate of drug-likeness (QED) is 0.893. The van der Waals surface area contributed by atoms with Crippen molar-refractivity contribution in [2.24, 2.45) is 5.92 Å². The van der Waals surface area contributed by atoms with Gasteiger partial charge in [-0.05, 0) is 18.8 Å². The molecule has 1 aliphatic heterocycles. The lowest BCUT2D eigenvalue weighted by atomic mass is 9.97. The Balaban J connectivity index is 1.95. The number of carboxylic acid groups (broad SMARTS) is 1. The molecule has 1 amide bonds. The Hall–Kier alpha value is -1.82. The fourth-order valence-electron chi connectivity index (χ4n) is 2.25. The van der Waals surface area contributed by atoms with Crippen LogP contribution in [0.25, 0.3) is 0 Å². The van der Waals surface area contributed by atoms with Crippen molar-refractivity contribution in [2.75, 3.05) is 26.8 Å². The summed E-state index contributed by atoms with van der Waals surface area (Å²) >= 11 is 0. The first-order chi connectivity index (χ1) is 9.11. The summed E-state index contributed by atoms with van der Waals surface area (Å²) < 4.78 is 10.1. The molecule has 104 valence electrons. The lowest BCUT2D eigenvalue weighted by Crippen LogP contribution is -2.39. The number of nitrogens with zero attached hydrogens (tertiary/aromatic N) is 1. The van der Waals surface area contributed by atoms with Crippen LogP contribution in [0.1, 0.15) is 33.8 Å². The lowest BCUT2D eigenvalue weighted by molar-refractivity contribution is 0.0585. The van der Waals surface area contributed by atoms with Gasteiger partial charge in [0.15, 0.2) is 5.76 Å². The third kappa shape index (κ3) is 3.14. The van der Waals surface area contributed by atoms with Crippen LogP contribution in [0.3, 0.4) is 0 Å². The van der Waals surface area contributed by atoms with Gasteiger partial charge in [0, 0.05) is 32.9 Å². The van der Waals surface area contributed by atoms with Crippen molar-refractivity contribution in [3.63, 3.8) is 0 Å². The van der Waals surface area contributed by atoms with E-state index in [1.807, 2.05) is 0 Å². The van der Waals surface area contributed by atoms with E-state index in [1.54, 1.807) is 12.0 Å². The highest BCUT2D eigenvalue weighted by atomic mass is 16.5. The maximum absolute atomic E-state index is 12.1. The Kier molecular flexibility index (Phi) is 4.21. The van der Waals surface area contributed by atoms with E-state index in [2.05, 4.69) is 0 Å². The molecular formula is C13H17NO5. The van der Waals surface area contributed by atoms with Gasteiger partial charge in [-0.2, -0.15) is 0 Å². The standard InChI is InChI=1S/C13H17NO5/c1-18-7-9-2-4-14(5-3-9)12(15)11-6-10(8-19-11)13(16)17/h6,8-9H,2-5,7H2,1H3,(H,16,17). The summed E-state index contributed by atoms with van der Waals surface area (Å²) in [6.45, 7) is 2.01. The number of piperidine rings is 1. The van der Waals surface area contributed by atoms with Gasteiger partial charge < -0.3 is 19.2 Å². The maximum atomic E-state index is 12.1. The zero-order valence-electron chi connectivity index (χ0n) is 10.8. The lowest BCUT2D eigenvalue weighted by Gasteiger charge is -2.31. The largest absolute Gasteiger partial charge is 0.478 e. The van der Waals surface area contributed by atoms with Gasteiger partial charge in [0.1, 0.15) is 6.26 Å². The second kappa shape index (κ2) is 5.88. The highest BCUT2D eigenvalue weighted by molar-refractivity contribution is 5.95. The molecule has 0 aliphatic carbocycles. The average Bonchev–Trinajstić information content (AvgIpc) is 2.89. The molecule has 1 aromatic heterocycles. The molecule has 0 atom stereocenters. The predicted octanol–water partition coefficient (Wildman–Crippen LogP) is 1.48. The summed E-state index contributed by atoms with van der Waals surface area (Å²) in [7, 11) is 1.67. The van der Waals surface area contributed by atoms with Gasteiger partial charge in [-0.3, -0.25) is 4.79 Å². The van der Waals surface area contributed by atoms with Crippen LogP contribution in [0.4, 0.5) is 0 Å². The minimum Gasteiger partial charge on any atom is -0.478 e. The number of carbonyl (C=O) groups is 2. The number of rotatable bonds is 4. The second-order valence-electron chi connectivity index (χ2n) is 4.70. The molecule has 1 saturated heterocycles. The molecule has 0 unspecified atom stereocenters. The molecule has 2 heterocycles. The Morgan fingerprint density at radius 1 is 1.47 bits per heavy atom. The van der Waals surface area contributed by atoms with E-state index in [0.29, 0.717) is 25.6 Å². The SMILES string of the molecule is COCC1CCN(C(=O)c2cc(C(=O)O)co2)CC1. The van der Waals surface area contributed by atoms with Crippen molar-refractivity contribution < 1.29 is 23.8 Å². The second-order valence-corrected chi connectivity index (χ2v) is 4.70. The molecule has 1 aliphatic rings. The number of carbonyl (C=O) groups excluding carboxylic acids is 1. The summed E-state index contributed by atoms with van der Waals surface area (Å²) in [5.74, 6) is -0.771. The van der Waals surface area contributed by atoms with Gasteiger partial charge >= 0.3 is 5.97 Å². The van der Waals surface area contributed by atoms with Gasteiger partial charge in [0.2, 0.25) is 0 Å². The molecule has 6 heteroatoms. The average molecular weight is 267 g/mol.